The third kappa shape index (κ3) is 2.19. The van der Waals surface area contributed by atoms with Gasteiger partial charge in [0.25, 0.3) is 0 Å². The molecule has 1 aromatic carbocycles. The fraction of sp³-hybridized carbons (Fsp3) is 0.333. The van der Waals surface area contributed by atoms with Gasteiger partial charge >= 0.3 is 0 Å². The van der Waals surface area contributed by atoms with Gasteiger partial charge in [-0.15, -0.1) is 12.3 Å². The third-order valence-corrected chi connectivity index (χ3v) is 2.45. The molecule has 1 aromatic rings. The standard InChI is InChI=1S/C12H11ClO2/c1-2-4-9-7-10(13)12-11(8-9)14-5-3-6-15-12/h1,7-8H,3-6H2. The van der Waals surface area contributed by atoms with Gasteiger partial charge in [0, 0.05) is 12.8 Å². The van der Waals surface area contributed by atoms with E-state index in [1.54, 1.807) is 0 Å². The summed E-state index contributed by atoms with van der Waals surface area (Å²) in [6.07, 6.45) is 6.67. The summed E-state index contributed by atoms with van der Waals surface area (Å²) in [7, 11) is 0. The lowest BCUT2D eigenvalue weighted by atomic mass is 10.1. The van der Waals surface area contributed by atoms with Gasteiger partial charge in [0.2, 0.25) is 0 Å². The molecule has 0 atom stereocenters. The van der Waals surface area contributed by atoms with E-state index in [0.29, 0.717) is 36.2 Å². The fourth-order valence-corrected chi connectivity index (χ4v) is 1.79. The minimum absolute atomic E-state index is 0.552. The van der Waals surface area contributed by atoms with Gasteiger partial charge in [-0.2, -0.15) is 0 Å². The molecule has 0 amide bonds. The van der Waals surface area contributed by atoms with Crippen LogP contribution in [-0.2, 0) is 6.42 Å². The van der Waals surface area contributed by atoms with Crippen LogP contribution in [0.15, 0.2) is 12.1 Å². The van der Waals surface area contributed by atoms with Gasteiger partial charge in [0.15, 0.2) is 11.5 Å². The summed E-state index contributed by atoms with van der Waals surface area (Å²) in [4.78, 5) is 0. The molecular formula is C12H11ClO2. The van der Waals surface area contributed by atoms with E-state index in [4.69, 9.17) is 27.5 Å². The molecule has 0 N–H and O–H groups in total. The summed E-state index contributed by atoms with van der Waals surface area (Å²) >= 11 is 6.08. The van der Waals surface area contributed by atoms with Crippen LogP contribution in [0, 0.1) is 12.3 Å². The van der Waals surface area contributed by atoms with Crippen LogP contribution in [0.3, 0.4) is 0 Å². The Morgan fingerprint density at radius 3 is 2.93 bits per heavy atom. The number of hydrogen-bond donors (Lipinski definition) is 0. The zero-order chi connectivity index (χ0) is 10.7. The Labute approximate surface area is 94.1 Å². The van der Waals surface area contributed by atoms with Crippen molar-refractivity contribution in [2.24, 2.45) is 0 Å². The van der Waals surface area contributed by atoms with Crippen LogP contribution in [0.4, 0.5) is 0 Å². The number of rotatable bonds is 1. The van der Waals surface area contributed by atoms with Crippen LogP contribution in [0.1, 0.15) is 12.0 Å². The maximum absolute atomic E-state index is 6.08. The highest BCUT2D eigenvalue weighted by molar-refractivity contribution is 6.32. The normalized spacial score (nSPS) is 14.1. The number of terminal acetylenes is 1. The van der Waals surface area contributed by atoms with E-state index in [2.05, 4.69) is 5.92 Å². The number of benzene rings is 1. The van der Waals surface area contributed by atoms with E-state index in [0.717, 1.165) is 12.0 Å². The Hall–Kier alpha value is -1.33. The minimum atomic E-state index is 0.552. The Kier molecular flexibility index (Phi) is 3.03. The first-order valence-electron chi connectivity index (χ1n) is 4.83. The van der Waals surface area contributed by atoms with Gasteiger partial charge in [-0.25, -0.2) is 0 Å². The Morgan fingerprint density at radius 1 is 1.33 bits per heavy atom. The van der Waals surface area contributed by atoms with E-state index in [1.165, 1.54) is 0 Å². The number of ether oxygens (including phenoxy) is 2. The van der Waals surface area contributed by atoms with Crippen LogP contribution < -0.4 is 9.47 Å². The Morgan fingerprint density at radius 2 is 2.13 bits per heavy atom. The monoisotopic (exact) mass is 222 g/mol. The van der Waals surface area contributed by atoms with Crippen molar-refractivity contribution < 1.29 is 9.47 Å². The summed E-state index contributed by atoms with van der Waals surface area (Å²) in [5.74, 6) is 3.91. The molecular weight excluding hydrogens is 212 g/mol. The number of halogens is 1. The van der Waals surface area contributed by atoms with Crippen molar-refractivity contribution in [3.05, 3.63) is 22.7 Å². The molecule has 0 spiro atoms. The summed E-state index contributed by atoms with van der Waals surface area (Å²) < 4.78 is 11.0. The third-order valence-electron chi connectivity index (χ3n) is 2.17. The SMILES string of the molecule is C#CCc1cc(Cl)c2c(c1)OCCCO2. The predicted molar refractivity (Wildman–Crippen MR) is 59.6 cm³/mol. The van der Waals surface area contributed by atoms with E-state index < -0.39 is 0 Å². The largest absolute Gasteiger partial charge is 0.489 e. The first kappa shape index (κ1) is 10.2. The lowest BCUT2D eigenvalue weighted by molar-refractivity contribution is 0.297. The zero-order valence-corrected chi connectivity index (χ0v) is 9.01. The van der Waals surface area contributed by atoms with Gasteiger partial charge < -0.3 is 9.47 Å². The molecule has 0 aromatic heterocycles. The molecule has 0 saturated carbocycles. The first-order chi connectivity index (χ1) is 7.31. The molecule has 0 fully saturated rings. The van der Waals surface area contributed by atoms with Crippen molar-refractivity contribution in [2.45, 2.75) is 12.8 Å². The second kappa shape index (κ2) is 4.46. The van der Waals surface area contributed by atoms with E-state index >= 15 is 0 Å². The molecule has 2 rings (SSSR count). The first-order valence-corrected chi connectivity index (χ1v) is 5.20. The molecule has 0 bridgehead atoms. The van der Waals surface area contributed by atoms with Crippen molar-refractivity contribution in [1.29, 1.82) is 0 Å². The Bertz CT molecular complexity index is 407. The summed E-state index contributed by atoms with van der Waals surface area (Å²) in [5.41, 5.74) is 0.978. The maximum Gasteiger partial charge on any atom is 0.179 e. The Balaban J connectivity index is 2.40. The molecule has 0 aliphatic carbocycles. The fourth-order valence-electron chi connectivity index (χ4n) is 1.50. The number of fused-ring (bicyclic) bond motifs is 1. The van der Waals surface area contributed by atoms with Crippen molar-refractivity contribution in [2.75, 3.05) is 13.2 Å². The quantitative estimate of drug-likeness (QED) is 0.681. The van der Waals surface area contributed by atoms with Gasteiger partial charge in [0.05, 0.1) is 18.2 Å². The highest BCUT2D eigenvalue weighted by atomic mass is 35.5. The maximum atomic E-state index is 6.08. The summed E-state index contributed by atoms with van der Waals surface area (Å²) in [5, 5.41) is 0.569. The van der Waals surface area contributed by atoms with E-state index in [9.17, 15) is 0 Å². The lowest BCUT2D eigenvalue weighted by Crippen LogP contribution is -1.97. The topological polar surface area (TPSA) is 18.5 Å². The van der Waals surface area contributed by atoms with Crippen molar-refractivity contribution in [1.82, 2.24) is 0 Å². The number of hydrogen-bond acceptors (Lipinski definition) is 2. The molecule has 15 heavy (non-hydrogen) atoms. The molecule has 1 aliphatic heterocycles. The van der Waals surface area contributed by atoms with Gasteiger partial charge in [-0.3, -0.25) is 0 Å². The molecule has 0 radical (unpaired) electrons. The van der Waals surface area contributed by atoms with Crippen LogP contribution in [0.25, 0.3) is 0 Å². The zero-order valence-electron chi connectivity index (χ0n) is 8.25. The van der Waals surface area contributed by atoms with Crippen molar-refractivity contribution in [3.8, 4) is 23.8 Å². The van der Waals surface area contributed by atoms with Crippen LogP contribution in [0.2, 0.25) is 5.02 Å². The van der Waals surface area contributed by atoms with Gasteiger partial charge in [0.1, 0.15) is 0 Å². The van der Waals surface area contributed by atoms with Crippen molar-refractivity contribution in [3.63, 3.8) is 0 Å². The molecule has 78 valence electrons. The van der Waals surface area contributed by atoms with Crippen LogP contribution >= 0.6 is 11.6 Å². The van der Waals surface area contributed by atoms with Gasteiger partial charge in [-0.05, 0) is 17.7 Å². The molecule has 0 saturated heterocycles. The minimum Gasteiger partial charge on any atom is -0.489 e. The lowest BCUT2D eigenvalue weighted by Gasteiger charge is -2.10. The molecule has 1 aliphatic rings. The highest BCUT2D eigenvalue weighted by Crippen LogP contribution is 2.37. The van der Waals surface area contributed by atoms with Gasteiger partial charge in [-0.1, -0.05) is 11.6 Å². The van der Waals surface area contributed by atoms with Crippen molar-refractivity contribution >= 4 is 11.6 Å². The molecule has 0 unspecified atom stereocenters. The molecule has 3 heteroatoms. The molecule has 2 nitrogen and oxygen atoms in total. The summed E-state index contributed by atoms with van der Waals surface area (Å²) in [6, 6.07) is 3.72. The smallest absolute Gasteiger partial charge is 0.179 e. The summed E-state index contributed by atoms with van der Waals surface area (Å²) in [6.45, 7) is 1.30. The highest BCUT2D eigenvalue weighted by Gasteiger charge is 2.14. The predicted octanol–water partition coefficient (Wildman–Crippen LogP) is 2.68. The van der Waals surface area contributed by atoms with Crippen LogP contribution in [0.5, 0.6) is 11.5 Å². The van der Waals surface area contributed by atoms with E-state index in [-0.39, 0.29) is 0 Å². The second-order valence-electron chi connectivity index (χ2n) is 3.34. The average Bonchev–Trinajstić information content (AvgIpc) is 2.43. The second-order valence-corrected chi connectivity index (χ2v) is 3.74. The molecule has 1 heterocycles. The van der Waals surface area contributed by atoms with E-state index in [1.807, 2.05) is 12.1 Å². The average molecular weight is 223 g/mol. The van der Waals surface area contributed by atoms with Crippen LogP contribution in [-0.4, -0.2) is 13.2 Å².